The summed E-state index contributed by atoms with van der Waals surface area (Å²) in [5, 5.41) is 6.86. The molecule has 0 atom stereocenters. The average Bonchev–Trinajstić information content (AvgIpc) is 1.61. The van der Waals surface area contributed by atoms with Crippen LogP contribution >= 0.6 is 0 Å². The molecule has 0 radical (unpaired) electrons. The van der Waals surface area contributed by atoms with Crippen molar-refractivity contribution < 1.29 is 0 Å². The molecule has 0 saturated carbocycles. The van der Waals surface area contributed by atoms with Crippen LogP contribution in [-0.2, 0) is 0 Å². The van der Waals surface area contributed by atoms with Gasteiger partial charge in [-0.3, -0.25) is 0 Å². The van der Waals surface area contributed by atoms with Crippen molar-refractivity contribution in [2.24, 2.45) is 0 Å². The number of hydrogen-bond acceptors (Lipinski definition) is 1. The first-order valence-electron chi connectivity index (χ1n) is 2.11. The van der Waals surface area contributed by atoms with Crippen molar-refractivity contribution in [2.45, 2.75) is 6.92 Å². The lowest BCUT2D eigenvalue weighted by Gasteiger charge is -1.74. The Balaban J connectivity index is 3.46. The van der Waals surface area contributed by atoms with Crippen LogP contribution in [0.25, 0.3) is 0 Å². The van der Waals surface area contributed by atoms with Crippen LogP contribution in [0, 0.1) is 5.41 Å². The summed E-state index contributed by atoms with van der Waals surface area (Å²) in [5.41, 5.74) is 0.555. The van der Waals surface area contributed by atoms with Crippen LogP contribution in [0.3, 0.4) is 0 Å². The minimum absolute atomic E-state index is 0.555. The lowest BCUT2D eigenvalue weighted by molar-refractivity contribution is 1.50. The number of rotatable bonds is 2. The molecule has 0 aliphatic carbocycles. The Kier molecular flexibility index (Phi) is 2.94. The van der Waals surface area contributed by atoms with Gasteiger partial charge in [0.1, 0.15) is 0 Å². The van der Waals surface area contributed by atoms with Crippen molar-refractivity contribution in [1.29, 1.82) is 5.41 Å². The van der Waals surface area contributed by atoms with Crippen LogP contribution < -0.4 is 0 Å². The maximum atomic E-state index is 6.86. The Morgan fingerprint density at radius 2 is 2.29 bits per heavy atom. The van der Waals surface area contributed by atoms with E-state index < -0.39 is 0 Å². The average molecular weight is 95.1 g/mol. The summed E-state index contributed by atoms with van der Waals surface area (Å²) in [6.45, 7) is 5.17. The van der Waals surface area contributed by atoms with E-state index in [0.717, 1.165) is 0 Å². The molecule has 0 aromatic heterocycles. The standard InChI is InChI=1S/C6H9N/c1-3-4-5-6(2)7/h3-5,7H,1H2,2H3. The second kappa shape index (κ2) is 3.34. The van der Waals surface area contributed by atoms with Crippen molar-refractivity contribution in [3.05, 3.63) is 24.8 Å². The molecule has 0 spiro atoms. The molecule has 0 saturated heterocycles. The predicted octanol–water partition coefficient (Wildman–Crippen LogP) is 1.77. The lowest BCUT2D eigenvalue weighted by atomic mass is 10.4. The van der Waals surface area contributed by atoms with Crippen LogP contribution in [0.1, 0.15) is 6.92 Å². The largest absolute Gasteiger partial charge is 0.306 e. The molecule has 0 amide bonds. The van der Waals surface area contributed by atoms with Gasteiger partial charge in [-0.15, -0.1) is 0 Å². The molecule has 38 valence electrons. The molecular weight excluding hydrogens is 86.1 g/mol. The van der Waals surface area contributed by atoms with Gasteiger partial charge in [0.15, 0.2) is 0 Å². The Bertz CT molecular complexity index is 101. The van der Waals surface area contributed by atoms with Crippen molar-refractivity contribution in [2.75, 3.05) is 0 Å². The molecule has 7 heavy (non-hydrogen) atoms. The van der Waals surface area contributed by atoms with Gasteiger partial charge in [-0.25, -0.2) is 0 Å². The summed E-state index contributed by atoms with van der Waals surface area (Å²) in [7, 11) is 0. The molecule has 0 bridgehead atoms. The first-order valence-corrected chi connectivity index (χ1v) is 2.11. The van der Waals surface area contributed by atoms with Crippen LogP contribution in [0.2, 0.25) is 0 Å². The van der Waals surface area contributed by atoms with E-state index in [-0.39, 0.29) is 0 Å². The molecule has 0 heterocycles. The van der Waals surface area contributed by atoms with Gasteiger partial charge in [0.05, 0.1) is 0 Å². The third-order valence-electron chi connectivity index (χ3n) is 0.482. The molecule has 0 aliphatic heterocycles. The fourth-order valence-corrected chi connectivity index (χ4v) is 0.212. The van der Waals surface area contributed by atoms with E-state index >= 15 is 0 Å². The minimum atomic E-state index is 0.555. The van der Waals surface area contributed by atoms with Crippen molar-refractivity contribution >= 4 is 5.71 Å². The summed E-state index contributed by atoms with van der Waals surface area (Å²) in [4.78, 5) is 0. The highest BCUT2D eigenvalue weighted by Crippen LogP contribution is 1.73. The zero-order valence-corrected chi connectivity index (χ0v) is 4.44. The highest BCUT2D eigenvalue weighted by Gasteiger charge is 1.68. The molecular formula is C6H9N. The zero-order chi connectivity index (χ0) is 5.70. The number of hydrogen-bond donors (Lipinski definition) is 1. The molecule has 1 N–H and O–H groups in total. The minimum Gasteiger partial charge on any atom is -0.306 e. The van der Waals surface area contributed by atoms with Gasteiger partial charge in [-0.2, -0.15) is 0 Å². The fourth-order valence-electron chi connectivity index (χ4n) is 0.212. The molecule has 0 aromatic rings. The smallest absolute Gasteiger partial charge is 0.0282 e. The van der Waals surface area contributed by atoms with E-state index in [1.807, 2.05) is 0 Å². The van der Waals surface area contributed by atoms with Gasteiger partial charge >= 0.3 is 0 Å². The second-order valence-electron chi connectivity index (χ2n) is 1.28. The van der Waals surface area contributed by atoms with Crippen LogP contribution in [0.15, 0.2) is 24.8 Å². The zero-order valence-electron chi connectivity index (χ0n) is 4.44. The van der Waals surface area contributed by atoms with Gasteiger partial charge in [0.25, 0.3) is 0 Å². The van der Waals surface area contributed by atoms with Gasteiger partial charge in [0.2, 0.25) is 0 Å². The van der Waals surface area contributed by atoms with Crippen LogP contribution in [0.5, 0.6) is 0 Å². The topological polar surface area (TPSA) is 23.9 Å². The van der Waals surface area contributed by atoms with E-state index in [0.29, 0.717) is 5.71 Å². The number of allylic oxidation sites excluding steroid dienone is 3. The van der Waals surface area contributed by atoms with E-state index in [1.54, 1.807) is 25.2 Å². The summed E-state index contributed by atoms with van der Waals surface area (Å²) in [6.07, 6.45) is 5.08. The summed E-state index contributed by atoms with van der Waals surface area (Å²) < 4.78 is 0. The van der Waals surface area contributed by atoms with Crippen LogP contribution in [-0.4, -0.2) is 5.71 Å². The van der Waals surface area contributed by atoms with Crippen molar-refractivity contribution in [3.63, 3.8) is 0 Å². The Morgan fingerprint density at radius 1 is 1.71 bits per heavy atom. The first-order chi connectivity index (χ1) is 3.27. The van der Waals surface area contributed by atoms with Crippen molar-refractivity contribution in [1.82, 2.24) is 0 Å². The van der Waals surface area contributed by atoms with Gasteiger partial charge < -0.3 is 5.41 Å². The Morgan fingerprint density at radius 3 is 2.43 bits per heavy atom. The monoisotopic (exact) mass is 95.1 g/mol. The summed E-state index contributed by atoms with van der Waals surface area (Å²) >= 11 is 0. The van der Waals surface area contributed by atoms with E-state index in [9.17, 15) is 0 Å². The van der Waals surface area contributed by atoms with Crippen LogP contribution in [0.4, 0.5) is 0 Å². The van der Waals surface area contributed by atoms with Gasteiger partial charge in [-0.1, -0.05) is 18.7 Å². The van der Waals surface area contributed by atoms with Gasteiger partial charge in [0, 0.05) is 5.71 Å². The quantitative estimate of drug-likeness (QED) is 0.399. The molecule has 0 fully saturated rings. The fraction of sp³-hybridized carbons (Fsp3) is 0.167. The highest BCUT2D eigenvalue weighted by atomic mass is 14.4. The van der Waals surface area contributed by atoms with Crippen molar-refractivity contribution in [3.8, 4) is 0 Å². The molecule has 0 unspecified atom stereocenters. The maximum Gasteiger partial charge on any atom is 0.0282 e. The Labute approximate surface area is 43.9 Å². The lowest BCUT2D eigenvalue weighted by Crippen LogP contribution is -1.74. The first kappa shape index (κ1) is 6.15. The summed E-state index contributed by atoms with van der Waals surface area (Å²) in [5.74, 6) is 0. The molecule has 1 heteroatoms. The molecule has 0 rings (SSSR count). The summed E-state index contributed by atoms with van der Waals surface area (Å²) in [6, 6.07) is 0. The molecule has 0 aromatic carbocycles. The normalized spacial score (nSPS) is 9.29. The predicted molar refractivity (Wildman–Crippen MR) is 32.7 cm³/mol. The molecule has 1 nitrogen and oxygen atoms in total. The third-order valence-corrected chi connectivity index (χ3v) is 0.482. The third kappa shape index (κ3) is 5.15. The van der Waals surface area contributed by atoms with E-state index in [4.69, 9.17) is 5.41 Å². The second-order valence-corrected chi connectivity index (χ2v) is 1.28. The maximum absolute atomic E-state index is 6.86. The molecule has 0 aliphatic rings. The number of nitrogens with one attached hydrogen (secondary N) is 1. The van der Waals surface area contributed by atoms with E-state index in [2.05, 4.69) is 6.58 Å². The SMILES string of the molecule is C=CC=CC(C)=N. The Hall–Kier alpha value is -0.850. The van der Waals surface area contributed by atoms with E-state index in [1.165, 1.54) is 0 Å². The highest BCUT2D eigenvalue weighted by molar-refractivity contribution is 5.90. The van der Waals surface area contributed by atoms with Gasteiger partial charge in [-0.05, 0) is 13.0 Å².